The Morgan fingerprint density at radius 2 is 2.13 bits per heavy atom. The molecule has 0 bridgehead atoms. The van der Waals surface area contributed by atoms with E-state index >= 15 is 0 Å². The Hall–Kier alpha value is -1.33. The van der Waals surface area contributed by atoms with Crippen molar-refractivity contribution in [2.24, 2.45) is 5.73 Å². The minimum atomic E-state index is 0.177. The summed E-state index contributed by atoms with van der Waals surface area (Å²) in [6, 6.07) is 8.14. The van der Waals surface area contributed by atoms with Gasteiger partial charge in [0.2, 0.25) is 0 Å². The van der Waals surface area contributed by atoms with Gasteiger partial charge in [0.15, 0.2) is 0 Å². The first-order valence-electron chi connectivity index (χ1n) is 5.60. The molecule has 0 aromatic heterocycles. The highest BCUT2D eigenvalue weighted by Gasteiger charge is 2.16. The highest BCUT2D eigenvalue weighted by Crippen LogP contribution is 2.28. The Kier molecular flexibility index (Phi) is 4.33. The molecule has 80 valence electrons. The Morgan fingerprint density at radius 1 is 1.40 bits per heavy atom. The summed E-state index contributed by atoms with van der Waals surface area (Å²) in [6.07, 6.45) is 3.28. The van der Waals surface area contributed by atoms with Crippen LogP contribution in [0.25, 0.3) is 0 Å². The van der Waals surface area contributed by atoms with Crippen molar-refractivity contribution in [1.82, 2.24) is 0 Å². The first-order valence-corrected chi connectivity index (χ1v) is 5.60. The molecule has 2 heteroatoms. The molecule has 0 saturated heterocycles. The second-order valence-corrected chi connectivity index (χ2v) is 3.52. The van der Waals surface area contributed by atoms with Crippen molar-refractivity contribution in [3.63, 3.8) is 0 Å². The maximum Gasteiger partial charge on any atom is 0.0991 e. The molecule has 0 radical (unpaired) electrons. The average Bonchev–Trinajstić information content (AvgIpc) is 2.31. The van der Waals surface area contributed by atoms with Crippen LogP contribution < -0.4 is 5.73 Å². The zero-order chi connectivity index (χ0) is 11.3. The van der Waals surface area contributed by atoms with Gasteiger partial charge in [-0.1, -0.05) is 19.9 Å². The number of hydrogen-bond donors (Lipinski definition) is 1. The van der Waals surface area contributed by atoms with E-state index in [2.05, 4.69) is 6.07 Å². The topological polar surface area (TPSA) is 49.8 Å². The number of nitriles is 1. The van der Waals surface area contributed by atoms with Crippen LogP contribution in [0.3, 0.4) is 0 Å². The standard InChI is InChI=1S/C11H12N2.C2H6/c12-7-8-4-5-10-9(6-8)2-1-3-11(10)13;1-2/h4-6,11H,1-3,13H2;1-2H3. The van der Waals surface area contributed by atoms with Gasteiger partial charge in [0.1, 0.15) is 0 Å². The Morgan fingerprint density at radius 3 is 2.80 bits per heavy atom. The highest BCUT2D eigenvalue weighted by molar-refractivity contribution is 5.40. The van der Waals surface area contributed by atoms with Crippen molar-refractivity contribution in [2.45, 2.75) is 39.2 Å². The number of benzene rings is 1. The van der Waals surface area contributed by atoms with Gasteiger partial charge in [-0.2, -0.15) is 5.26 Å². The lowest BCUT2D eigenvalue weighted by Crippen LogP contribution is -2.17. The molecule has 0 heterocycles. The fourth-order valence-electron chi connectivity index (χ4n) is 1.92. The third-order valence-corrected chi connectivity index (χ3v) is 2.63. The van der Waals surface area contributed by atoms with Crippen LogP contribution in [-0.2, 0) is 6.42 Å². The van der Waals surface area contributed by atoms with E-state index in [0.29, 0.717) is 0 Å². The lowest BCUT2D eigenvalue weighted by Gasteiger charge is -2.21. The molecule has 2 nitrogen and oxygen atoms in total. The van der Waals surface area contributed by atoms with Gasteiger partial charge in [0.25, 0.3) is 0 Å². The molecule has 1 atom stereocenters. The largest absolute Gasteiger partial charge is 0.324 e. The van der Waals surface area contributed by atoms with Crippen molar-refractivity contribution < 1.29 is 0 Å². The lowest BCUT2D eigenvalue weighted by atomic mass is 9.87. The molecular weight excluding hydrogens is 184 g/mol. The summed E-state index contributed by atoms with van der Waals surface area (Å²) in [4.78, 5) is 0. The number of aryl methyl sites for hydroxylation is 1. The van der Waals surface area contributed by atoms with Gasteiger partial charge >= 0.3 is 0 Å². The van der Waals surface area contributed by atoms with E-state index in [9.17, 15) is 0 Å². The molecule has 1 aliphatic carbocycles. The van der Waals surface area contributed by atoms with E-state index in [1.54, 1.807) is 0 Å². The third kappa shape index (κ3) is 2.57. The van der Waals surface area contributed by atoms with Crippen LogP contribution in [0.2, 0.25) is 0 Å². The van der Waals surface area contributed by atoms with E-state index in [4.69, 9.17) is 11.0 Å². The third-order valence-electron chi connectivity index (χ3n) is 2.63. The van der Waals surface area contributed by atoms with Crippen molar-refractivity contribution in [3.8, 4) is 6.07 Å². The van der Waals surface area contributed by atoms with Crippen LogP contribution in [0.5, 0.6) is 0 Å². The second-order valence-electron chi connectivity index (χ2n) is 3.52. The van der Waals surface area contributed by atoms with Crippen LogP contribution in [0.1, 0.15) is 49.4 Å². The Bertz CT molecular complexity index is 363. The molecule has 1 aromatic rings. The van der Waals surface area contributed by atoms with E-state index in [0.717, 1.165) is 24.8 Å². The number of rotatable bonds is 0. The van der Waals surface area contributed by atoms with Crippen LogP contribution in [-0.4, -0.2) is 0 Å². The van der Waals surface area contributed by atoms with Gasteiger partial charge in [-0.15, -0.1) is 0 Å². The maximum atomic E-state index is 8.72. The number of hydrogen-bond acceptors (Lipinski definition) is 2. The van der Waals surface area contributed by atoms with Gasteiger partial charge < -0.3 is 5.73 Å². The molecule has 0 saturated carbocycles. The molecule has 2 N–H and O–H groups in total. The van der Waals surface area contributed by atoms with Crippen molar-refractivity contribution in [1.29, 1.82) is 5.26 Å². The van der Waals surface area contributed by atoms with Gasteiger partial charge in [0, 0.05) is 6.04 Å². The predicted octanol–water partition coefficient (Wildman–Crippen LogP) is 2.92. The van der Waals surface area contributed by atoms with Crippen LogP contribution >= 0.6 is 0 Å². The average molecular weight is 202 g/mol. The fraction of sp³-hybridized carbons (Fsp3) is 0.462. The highest BCUT2D eigenvalue weighted by atomic mass is 14.6. The quantitative estimate of drug-likeness (QED) is 0.703. The van der Waals surface area contributed by atoms with E-state index < -0.39 is 0 Å². The summed E-state index contributed by atoms with van der Waals surface area (Å²) in [7, 11) is 0. The smallest absolute Gasteiger partial charge is 0.0991 e. The molecule has 0 fully saturated rings. The summed E-state index contributed by atoms with van der Waals surface area (Å²) >= 11 is 0. The molecule has 1 unspecified atom stereocenters. The number of nitrogens with two attached hydrogens (primary N) is 1. The first-order chi connectivity index (χ1) is 7.31. The molecule has 15 heavy (non-hydrogen) atoms. The van der Waals surface area contributed by atoms with E-state index in [1.165, 1.54) is 11.1 Å². The molecule has 1 aliphatic rings. The van der Waals surface area contributed by atoms with Gasteiger partial charge in [-0.3, -0.25) is 0 Å². The summed E-state index contributed by atoms with van der Waals surface area (Å²) in [5.74, 6) is 0. The zero-order valence-electron chi connectivity index (χ0n) is 9.46. The Labute approximate surface area is 91.7 Å². The predicted molar refractivity (Wildman–Crippen MR) is 62.4 cm³/mol. The molecule has 0 aliphatic heterocycles. The molecule has 1 aromatic carbocycles. The van der Waals surface area contributed by atoms with E-state index in [-0.39, 0.29) is 6.04 Å². The monoisotopic (exact) mass is 202 g/mol. The lowest BCUT2D eigenvalue weighted by molar-refractivity contribution is 0.570. The van der Waals surface area contributed by atoms with Gasteiger partial charge in [-0.25, -0.2) is 0 Å². The molecular formula is C13H18N2. The van der Waals surface area contributed by atoms with E-state index in [1.807, 2.05) is 32.0 Å². The van der Waals surface area contributed by atoms with Crippen molar-refractivity contribution >= 4 is 0 Å². The minimum absolute atomic E-state index is 0.177. The normalized spacial score (nSPS) is 18.1. The van der Waals surface area contributed by atoms with Crippen LogP contribution in [0.15, 0.2) is 18.2 Å². The van der Waals surface area contributed by atoms with Crippen LogP contribution in [0.4, 0.5) is 0 Å². The summed E-state index contributed by atoms with van der Waals surface area (Å²) in [5.41, 5.74) is 9.19. The molecule has 0 amide bonds. The summed E-state index contributed by atoms with van der Waals surface area (Å²) < 4.78 is 0. The zero-order valence-corrected chi connectivity index (χ0v) is 9.46. The second kappa shape index (κ2) is 5.53. The minimum Gasteiger partial charge on any atom is -0.324 e. The Balaban J connectivity index is 0.000000531. The maximum absolute atomic E-state index is 8.72. The summed E-state index contributed by atoms with van der Waals surface area (Å²) in [5, 5.41) is 8.72. The van der Waals surface area contributed by atoms with Gasteiger partial charge in [0.05, 0.1) is 11.6 Å². The first kappa shape index (κ1) is 11.7. The fourth-order valence-corrected chi connectivity index (χ4v) is 1.92. The SMILES string of the molecule is CC.N#Cc1ccc2c(c1)CCCC2N. The summed E-state index contributed by atoms with van der Waals surface area (Å²) in [6.45, 7) is 4.00. The van der Waals surface area contributed by atoms with Crippen LogP contribution in [0, 0.1) is 11.3 Å². The van der Waals surface area contributed by atoms with Gasteiger partial charge in [-0.05, 0) is 42.5 Å². The number of fused-ring (bicyclic) bond motifs is 1. The molecule has 2 rings (SSSR count). The van der Waals surface area contributed by atoms with Crippen molar-refractivity contribution in [2.75, 3.05) is 0 Å². The van der Waals surface area contributed by atoms with Crippen molar-refractivity contribution in [3.05, 3.63) is 34.9 Å². The molecule has 0 spiro atoms. The number of nitrogens with zero attached hydrogens (tertiary/aromatic N) is 1.